The molecule has 0 saturated carbocycles. The van der Waals surface area contributed by atoms with Crippen molar-refractivity contribution in [3.05, 3.63) is 69.7 Å². The van der Waals surface area contributed by atoms with Crippen LogP contribution in [-0.4, -0.2) is 47.5 Å². The number of H-pyrrole nitrogens is 1. The number of hydrogen-bond donors (Lipinski definition) is 1. The molecule has 1 fully saturated rings. The number of likely N-dealkylation sites (tertiary alicyclic amines) is 1. The molecule has 1 aromatic heterocycles. The maximum Gasteiger partial charge on any atom is 0.226 e. The molecule has 5 nitrogen and oxygen atoms in total. The zero-order chi connectivity index (χ0) is 23.1. The van der Waals surface area contributed by atoms with E-state index in [9.17, 15) is 4.79 Å². The van der Waals surface area contributed by atoms with Crippen LogP contribution in [0.1, 0.15) is 29.8 Å². The van der Waals surface area contributed by atoms with E-state index in [0.29, 0.717) is 16.5 Å². The first-order valence-corrected chi connectivity index (χ1v) is 12.2. The molecule has 7 heteroatoms. The van der Waals surface area contributed by atoms with Gasteiger partial charge in [-0.15, -0.1) is 0 Å². The third-order valence-electron chi connectivity index (χ3n) is 7.06. The molecule has 5 rings (SSSR count). The van der Waals surface area contributed by atoms with Gasteiger partial charge in [0.25, 0.3) is 0 Å². The third-order valence-corrected chi connectivity index (χ3v) is 7.74. The van der Waals surface area contributed by atoms with E-state index in [4.69, 9.17) is 23.2 Å². The van der Waals surface area contributed by atoms with Crippen LogP contribution in [0.25, 0.3) is 11.1 Å². The second-order valence-electron chi connectivity index (χ2n) is 9.31. The lowest BCUT2D eigenvalue weighted by Crippen LogP contribution is -2.41. The number of rotatable bonds is 5. The highest BCUT2D eigenvalue weighted by Crippen LogP contribution is 2.36. The molecular formula is C26H28Cl2N4O. The van der Waals surface area contributed by atoms with Crippen molar-refractivity contribution in [2.75, 3.05) is 25.5 Å². The molecule has 2 aromatic carbocycles. The second-order valence-corrected chi connectivity index (χ2v) is 10.1. The summed E-state index contributed by atoms with van der Waals surface area (Å²) < 4.78 is 0. The topological polar surface area (TPSA) is 52.2 Å². The van der Waals surface area contributed by atoms with Gasteiger partial charge in [0.1, 0.15) is 0 Å². The molecule has 0 bridgehead atoms. The van der Waals surface area contributed by atoms with Crippen LogP contribution in [0, 0.1) is 5.92 Å². The second kappa shape index (κ2) is 9.03. The van der Waals surface area contributed by atoms with E-state index in [-0.39, 0.29) is 17.9 Å². The summed E-state index contributed by atoms with van der Waals surface area (Å²) in [5, 5.41) is 1.25. The van der Waals surface area contributed by atoms with Crippen molar-refractivity contribution in [1.82, 2.24) is 14.9 Å². The molecule has 1 unspecified atom stereocenters. The Morgan fingerprint density at radius 2 is 1.82 bits per heavy atom. The molecule has 1 aliphatic heterocycles. The summed E-state index contributed by atoms with van der Waals surface area (Å²) in [5.41, 5.74) is 6.36. The first-order chi connectivity index (χ1) is 15.9. The van der Waals surface area contributed by atoms with Crippen LogP contribution < -0.4 is 4.90 Å². The Labute approximate surface area is 204 Å². The molecule has 33 heavy (non-hydrogen) atoms. The predicted molar refractivity (Wildman–Crippen MR) is 134 cm³/mol. The first-order valence-electron chi connectivity index (χ1n) is 11.5. The maximum absolute atomic E-state index is 13.3. The summed E-state index contributed by atoms with van der Waals surface area (Å²) in [5.74, 6) is 0.145. The molecule has 172 valence electrons. The maximum atomic E-state index is 13.3. The van der Waals surface area contributed by atoms with E-state index in [1.807, 2.05) is 26.2 Å². The molecule has 1 aliphatic carbocycles. The number of carbonyl (C=O) groups is 1. The Kier molecular flexibility index (Phi) is 6.11. The highest BCUT2D eigenvalue weighted by atomic mass is 35.5. The van der Waals surface area contributed by atoms with Crippen molar-refractivity contribution < 1.29 is 4.79 Å². The molecule has 2 aliphatic rings. The van der Waals surface area contributed by atoms with Gasteiger partial charge in [0, 0.05) is 60.4 Å². The minimum absolute atomic E-state index is 0.0756. The van der Waals surface area contributed by atoms with Crippen molar-refractivity contribution in [2.45, 2.75) is 38.1 Å². The first kappa shape index (κ1) is 22.3. The van der Waals surface area contributed by atoms with Crippen molar-refractivity contribution in [3.8, 4) is 11.1 Å². The van der Waals surface area contributed by atoms with Crippen LogP contribution in [0.5, 0.6) is 0 Å². The van der Waals surface area contributed by atoms with Gasteiger partial charge in [-0.1, -0.05) is 35.3 Å². The number of aryl methyl sites for hydroxylation is 1. The molecule has 1 amide bonds. The summed E-state index contributed by atoms with van der Waals surface area (Å²) in [6.07, 6.45) is 5.93. The Morgan fingerprint density at radius 1 is 1.09 bits per heavy atom. The number of amides is 1. The summed E-state index contributed by atoms with van der Waals surface area (Å²) in [7, 11) is 4.04. The van der Waals surface area contributed by atoms with E-state index >= 15 is 0 Å². The molecule has 1 saturated heterocycles. The third kappa shape index (κ3) is 4.36. The molecule has 1 N–H and O–H groups in total. The van der Waals surface area contributed by atoms with Crippen LogP contribution in [0.2, 0.25) is 10.0 Å². The van der Waals surface area contributed by atoms with Gasteiger partial charge in [0.2, 0.25) is 5.91 Å². The zero-order valence-electron chi connectivity index (χ0n) is 18.9. The van der Waals surface area contributed by atoms with Gasteiger partial charge in [-0.25, -0.2) is 4.98 Å². The van der Waals surface area contributed by atoms with Gasteiger partial charge < -0.3 is 14.8 Å². The fourth-order valence-electron chi connectivity index (χ4n) is 5.13. The average Bonchev–Trinajstić information content (AvgIpc) is 3.42. The fraction of sp³-hybridized carbons (Fsp3) is 0.385. The van der Waals surface area contributed by atoms with Crippen LogP contribution in [0.15, 0.2) is 42.7 Å². The van der Waals surface area contributed by atoms with Crippen LogP contribution in [0.3, 0.4) is 0 Å². The van der Waals surface area contributed by atoms with Gasteiger partial charge in [-0.05, 0) is 66.6 Å². The van der Waals surface area contributed by atoms with Gasteiger partial charge >= 0.3 is 0 Å². The minimum atomic E-state index is -0.0756. The lowest BCUT2D eigenvalue weighted by Gasteiger charge is -2.31. The number of aromatic nitrogens is 2. The minimum Gasteiger partial charge on any atom is -0.378 e. The van der Waals surface area contributed by atoms with E-state index in [0.717, 1.165) is 60.3 Å². The van der Waals surface area contributed by atoms with Gasteiger partial charge in [0.05, 0.1) is 12.0 Å². The van der Waals surface area contributed by atoms with E-state index in [1.165, 1.54) is 5.69 Å². The SMILES string of the molecule is CN(C)c1ccc(-c2cc(Cl)c(CC3CCN([C@@H]4CCc5nc[nH]c5C4)C3=O)c(Cl)c2)cc1. The Bertz CT molecular complexity index is 1150. The molecule has 3 aromatic rings. The zero-order valence-corrected chi connectivity index (χ0v) is 20.5. The lowest BCUT2D eigenvalue weighted by molar-refractivity contribution is -0.133. The monoisotopic (exact) mass is 482 g/mol. The summed E-state index contributed by atoms with van der Waals surface area (Å²) >= 11 is 13.4. The molecule has 2 atom stereocenters. The van der Waals surface area contributed by atoms with Crippen molar-refractivity contribution in [3.63, 3.8) is 0 Å². The number of anilines is 1. The quantitative estimate of drug-likeness (QED) is 0.529. The van der Waals surface area contributed by atoms with Crippen LogP contribution in [-0.2, 0) is 24.1 Å². The standard InChI is InChI=1S/C26H28Cl2N4O/c1-31(2)19-5-3-16(4-6-19)18-12-22(27)21(23(28)13-18)11-17-9-10-32(26(17)33)20-7-8-24-25(14-20)30-15-29-24/h3-6,12-13,15,17,20H,7-11,14H2,1-2H3,(H,29,30)/t17?,20-/m1/s1. The van der Waals surface area contributed by atoms with Gasteiger partial charge in [-0.2, -0.15) is 0 Å². The summed E-state index contributed by atoms with van der Waals surface area (Å²) in [4.78, 5) is 25.0. The summed E-state index contributed by atoms with van der Waals surface area (Å²) in [6, 6.07) is 12.5. The smallest absolute Gasteiger partial charge is 0.226 e. The number of nitrogens with one attached hydrogen (secondary N) is 1. The van der Waals surface area contributed by atoms with Crippen molar-refractivity contribution >= 4 is 34.8 Å². The Morgan fingerprint density at radius 3 is 2.52 bits per heavy atom. The summed E-state index contributed by atoms with van der Waals surface area (Å²) in [6.45, 7) is 0.795. The highest BCUT2D eigenvalue weighted by molar-refractivity contribution is 6.36. The van der Waals surface area contributed by atoms with Crippen molar-refractivity contribution in [1.29, 1.82) is 0 Å². The molecule has 0 radical (unpaired) electrons. The Hall–Kier alpha value is -2.50. The number of carbonyl (C=O) groups excluding carboxylic acids is 1. The number of fused-ring (bicyclic) bond motifs is 1. The van der Waals surface area contributed by atoms with E-state index in [1.54, 1.807) is 6.33 Å². The Balaban J connectivity index is 1.30. The van der Waals surface area contributed by atoms with Crippen LogP contribution in [0.4, 0.5) is 5.69 Å². The molecule has 0 spiro atoms. The highest BCUT2D eigenvalue weighted by Gasteiger charge is 2.38. The van der Waals surface area contributed by atoms with Crippen LogP contribution >= 0.6 is 23.2 Å². The van der Waals surface area contributed by atoms with E-state index in [2.05, 4.69) is 44.0 Å². The van der Waals surface area contributed by atoms with E-state index < -0.39 is 0 Å². The average molecular weight is 483 g/mol. The van der Waals surface area contributed by atoms with Crippen molar-refractivity contribution in [2.24, 2.45) is 5.92 Å². The number of nitrogens with zero attached hydrogens (tertiary/aromatic N) is 3. The predicted octanol–water partition coefficient (Wildman–Crippen LogP) is 5.40. The van der Waals surface area contributed by atoms with Gasteiger partial charge in [0.15, 0.2) is 0 Å². The molecule has 2 heterocycles. The number of hydrogen-bond acceptors (Lipinski definition) is 3. The number of aromatic amines is 1. The van der Waals surface area contributed by atoms with Gasteiger partial charge in [-0.3, -0.25) is 4.79 Å². The largest absolute Gasteiger partial charge is 0.378 e. The number of benzene rings is 2. The normalized spacial score (nSPS) is 20.2. The molecular weight excluding hydrogens is 455 g/mol. The fourth-order valence-corrected chi connectivity index (χ4v) is 5.77. The number of halogens is 2. The lowest BCUT2D eigenvalue weighted by atomic mass is 9.94. The number of imidazole rings is 1.